The number of H-pyrrole nitrogens is 1. The Morgan fingerprint density at radius 1 is 1.24 bits per heavy atom. The van der Waals surface area contributed by atoms with Crippen molar-refractivity contribution >= 4 is 28.1 Å². The Bertz CT molecular complexity index is 1650. The van der Waals surface area contributed by atoms with Crippen molar-refractivity contribution in [3.8, 4) is 11.7 Å². The molecule has 0 saturated heterocycles. The number of aromatic nitrogens is 6. The van der Waals surface area contributed by atoms with Gasteiger partial charge in [0.2, 0.25) is 5.95 Å². The zero-order valence-electron chi connectivity index (χ0n) is 17.9. The fourth-order valence-corrected chi connectivity index (χ4v) is 4.40. The molecule has 3 aromatic heterocycles. The number of amides is 1. The lowest BCUT2D eigenvalue weighted by atomic mass is 10.0. The average Bonchev–Trinajstić information content (AvgIpc) is 3.42. The molecule has 0 spiro atoms. The van der Waals surface area contributed by atoms with E-state index in [4.69, 9.17) is 4.74 Å². The molecule has 5 aromatic rings. The fourth-order valence-electron chi connectivity index (χ4n) is 4.40. The van der Waals surface area contributed by atoms with E-state index in [9.17, 15) is 14.0 Å². The van der Waals surface area contributed by atoms with Gasteiger partial charge in [-0.2, -0.15) is 4.98 Å². The first-order chi connectivity index (χ1) is 16.5. The van der Waals surface area contributed by atoms with Gasteiger partial charge in [-0.25, -0.2) is 19.2 Å². The van der Waals surface area contributed by atoms with Gasteiger partial charge in [0.25, 0.3) is 5.91 Å². The number of para-hydroxylation sites is 1. The molecule has 1 amide bonds. The predicted octanol–water partition coefficient (Wildman–Crippen LogP) is 2.33. The van der Waals surface area contributed by atoms with Crippen LogP contribution in [0.2, 0.25) is 0 Å². The van der Waals surface area contributed by atoms with Crippen molar-refractivity contribution in [3.05, 3.63) is 76.4 Å². The molecule has 2 N–H and O–H groups in total. The number of imidazole rings is 2. The minimum absolute atomic E-state index is 0.00283. The van der Waals surface area contributed by atoms with Gasteiger partial charge in [-0.3, -0.25) is 13.9 Å². The third-order valence-corrected chi connectivity index (χ3v) is 5.96. The van der Waals surface area contributed by atoms with E-state index >= 15 is 0 Å². The highest BCUT2D eigenvalue weighted by atomic mass is 19.1. The molecule has 11 heteroatoms. The molecule has 0 fully saturated rings. The van der Waals surface area contributed by atoms with Crippen LogP contribution in [0.3, 0.4) is 0 Å². The van der Waals surface area contributed by atoms with Gasteiger partial charge in [0.15, 0.2) is 11.3 Å². The maximum Gasteiger partial charge on any atom is 0.328 e. The van der Waals surface area contributed by atoms with E-state index in [0.717, 1.165) is 5.56 Å². The second-order valence-corrected chi connectivity index (χ2v) is 7.89. The van der Waals surface area contributed by atoms with E-state index in [1.54, 1.807) is 6.07 Å². The molecule has 1 aliphatic rings. The van der Waals surface area contributed by atoms with E-state index in [2.05, 4.69) is 25.3 Å². The van der Waals surface area contributed by atoms with Crippen LogP contribution in [-0.2, 0) is 0 Å². The summed E-state index contributed by atoms with van der Waals surface area (Å²) in [6, 6.07) is 11.3. The van der Waals surface area contributed by atoms with E-state index in [1.807, 2.05) is 24.3 Å². The van der Waals surface area contributed by atoms with Gasteiger partial charge in [0.1, 0.15) is 23.4 Å². The molecule has 0 radical (unpaired) electrons. The molecule has 1 unspecified atom stereocenters. The smallest absolute Gasteiger partial charge is 0.328 e. The van der Waals surface area contributed by atoms with Crippen molar-refractivity contribution in [1.82, 2.24) is 34.4 Å². The number of aromatic amines is 1. The van der Waals surface area contributed by atoms with E-state index < -0.39 is 17.4 Å². The van der Waals surface area contributed by atoms with Crippen LogP contribution in [-0.4, -0.2) is 48.6 Å². The molecule has 10 nitrogen and oxygen atoms in total. The van der Waals surface area contributed by atoms with Crippen LogP contribution in [0.1, 0.15) is 28.5 Å². The van der Waals surface area contributed by atoms with Crippen LogP contribution in [0, 0.1) is 5.82 Å². The first kappa shape index (κ1) is 20.1. The van der Waals surface area contributed by atoms with E-state index in [0.29, 0.717) is 29.8 Å². The summed E-state index contributed by atoms with van der Waals surface area (Å²) >= 11 is 0. The zero-order valence-corrected chi connectivity index (χ0v) is 17.9. The van der Waals surface area contributed by atoms with Crippen LogP contribution in [0.4, 0.5) is 4.39 Å². The summed E-state index contributed by atoms with van der Waals surface area (Å²) in [5.41, 5.74) is 1.86. The lowest BCUT2D eigenvalue weighted by Crippen LogP contribution is -2.28. The quantitative estimate of drug-likeness (QED) is 0.427. The highest BCUT2D eigenvalue weighted by molar-refractivity contribution is 6.02. The molecule has 1 aliphatic heterocycles. The number of carbonyl (C=O) groups is 1. The van der Waals surface area contributed by atoms with E-state index in [1.165, 1.54) is 34.6 Å². The highest BCUT2D eigenvalue weighted by Crippen LogP contribution is 2.35. The minimum Gasteiger partial charge on any atom is -0.493 e. The van der Waals surface area contributed by atoms with Crippen LogP contribution in [0.25, 0.3) is 28.1 Å². The van der Waals surface area contributed by atoms with Crippen molar-refractivity contribution in [3.63, 3.8) is 0 Å². The average molecular weight is 459 g/mol. The van der Waals surface area contributed by atoms with Gasteiger partial charge < -0.3 is 15.0 Å². The number of ether oxygens (including phenoxy) is 1. The summed E-state index contributed by atoms with van der Waals surface area (Å²) in [5.74, 6) is -0.159. The second kappa shape index (κ2) is 7.51. The SMILES string of the molecule is CNC(=O)c1nc(-n2cnc3ccc(F)cc32)nc2c1[nH]c(=O)n2C1CCOc2ccccc21. The van der Waals surface area contributed by atoms with Crippen LogP contribution in [0.5, 0.6) is 5.75 Å². The third-order valence-electron chi connectivity index (χ3n) is 5.96. The molecule has 2 aromatic carbocycles. The molecule has 0 aliphatic carbocycles. The maximum atomic E-state index is 14.0. The standard InChI is InChI=1S/C23H18FN7O3/c1-25-21(32)19-18-20(29-22(27-19)30-11-26-14-7-6-12(24)10-16(14)30)31(23(33)28-18)15-8-9-34-17-5-3-2-4-13(15)17/h2-7,10-11,15H,8-9H2,1H3,(H,25,32)(H,28,33). The molecular formula is C23H18FN7O3. The Kier molecular flexibility index (Phi) is 4.44. The Morgan fingerprint density at radius 3 is 2.94 bits per heavy atom. The summed E-state index contributed by atoms with van der Waals surface area (Å²) < 4.78 is 22.7. The summed E-state index contributed by atoms with van der Waals surface area (Å²) in [7, 11) is 1.47. The number of halogens is 1. The minimum atomic E-state index is -0.495. The molecule has 0 bridgehead atoms. The zero-order chi connectivity index (χ0) is 23.4. The van der Waals surface area contributed by atoms with Crippen molar-refractivity contribution in [2.45, 2.75) is 12.5 Å². The lowest BCUT2D eigenvalue weighted by molar-refractivity contribution is 0.0959. The Hall–Kier alpha value is -4.54. The first-order valence-electron chi connectivity index (χ1n) is 10.6. The summed E-state index contributed by atoms with van der Waals surface area (Å²) in [4.78, 5) is 42.0. The number of hydrogen-bond acceptors (Lipinski definition) is 6. The summed E-state index contributed by atoms with van der Waals surface area (Å²) in [6.07, 6.45) is 2.00. The Balaban J connectivity index is 1.64. The van der Waals surface area contributed by atoms with Gasteiger partial charge in [0, 0.05) is 25.1 Å². The number of carbonyl (C=O) groups excluding carboxylic acids is 1. The number of nitrogens with zero attached hydrogens (tertiary/aromatic N) is 5. The van der Waals surface area contributed by atoms with Crippen LogP contribution < -0.4 is 15.7 Å². The Labute approximate surface area is 191 Å². The monoisotopic (exact) mass is 459 g/mol. The first-order valence-corrected chi connectivity index (χ1v) is 10.6. The third kappa shape index (κ3) is 2.97. The lowest BCUT2D eigenvalue weighted by Gasteiger charge is -2.26. The fraction of sp³-hybridized carbons (Fsp3) is 0.174. The highest BCUT2D eigenvalue weighted by Gasteiger charge is 2.29. The molecule has 0 saturated carbocycles. The van der Waals surface area contributed by atoms with Crippen LogP contribution >= 0.6 is 0 Å². The normalized spacial score (nSPS) is 15.3. The largest absolute Gasteiger partial charge is 0.493 e. The predicted molar refractivity (Wildman–Crippen MR) is 121 cm³/mol. The molecule has 4 heterocycles. The second-order valence-electron chi connectivity index (χ2n) is 7.89. The number of nitrogens with one attached hydrogen (secondary N) is 2. The van der Waals surface area contributed by atoms with E-state index in [-0.39, 0.29) is 28.8 Å². The molecule has 1 atom stereocenters. The van der Waals surface area contributed by atoms with Crippen molar-refractivity contribution < 1.29 is 13.9 Å². The summed E-state index contributed by atoms with van der Waals surface area (Å²) in [6.45, 7) is 0.423. The number of rotatable bonds is 3. The van der Waals surface area contributed by atoms with Gasteiger partial charge in [0.05, 0.1) is 23.7 Å². The van der Waals surface area contributed by atoms with Gasteiger partial charge in [-0.1, -0.05) is 18.2 Å². The number of benzene rings is 2. The molecule has 34 heavy (non-hydrogen) atoms. The molecule has 6 rings (SSSR count). The van der Waals surface area contributed by atoms with Gasteiger partial charge >= 0.3 is 5.69 Å². The molecular weight excluding hydrogens is 441 g/mol. The number of fused-ring (bicyclic) bond motifs is 3. The number of hydrogen-bond donors (Lipinski definition) is 2. The van der Waals surface area contributed by atoms with Crippen LogP contribution in [0.15, 0.2) is 53.6 Å². The maximum absolute atomic E-state index is 14.0. The topological polar surface area (TPSA) is 120 Å². The van der Waals surface area contributed by atoms with Crippen molar-refractivity contribution in [1.29, 1.82) is 0 Å². The van der Waals surface area contributed by atoms with Crippen molar-refractivity contribution in [2.24, 2.45) is 0 Å². The Morgan fingerprint density at radius 2 is 2.09 bits per heavy atom. The van der Waals surface area contributed by atoms with Gasteiger partial charge in [-0.05, 0) is 18.2 Å². The van der Waals surface area contributed by atoms with Crippen molar-refractivity contribution in [2.75, 3.05) is 13.7 Å². The van der Waals surface area contributed by atoms with Gasteiger partial charge in [-0.15, -0.1) is 0 Å². The molecule has 170 valence electrons. The summed E-state index contributed by atoms with van der Waals surface area (Å²) in [5, 5.41) is 2.55.